The molecule has 9 heteroatoms. The van der Waals surface area contributed by atoms with Gasteiger partial charge in [0, 0.05) is 13.7 Å². The van der Waals surface area contributed by atoms with Crippen LogP contribution in [0, 0.1) is 0 Å². The summed E-state index contributed by atoms with van der Waals surface area (Å²) in [4.78, 5) is 41.0. The maximum absolute atomic E-state index is 12.8. The van der Waals surface area contributed by atoms with Gasteiger partial charge in [0.15, 0.2) is 5.16 Å². The van der Waals surface area contributed by atoms with Crippen molar-refractivity contribution in [2.24, 2.45) is 0 Å². The SMILES string of the molecule is CCNC(=O)NC(=O)[C@H](C)Sc1nc2ccccc2c(=O)n1CCOC. The summed E-state index contributed by atoms with van der Waals surface area (Å²) in [5, 5.41) is 5.07. The Hall–Kier alpha value is -2.39. The van der Waals surface area contributed by atoms with E-state index in [2.05, 4.69) is 15.6 Å². The van der Waals surface area contributed by atoms with Gasteiger partial charge < -0.3 is 10.1 Å². The highest BCUT2D eigenvalue weighted by atomic mass is 32.2. The lowest BCUT2D eigenvalue weighted by Gasteiger charge is -2.16. The number of imide groups is 1. The number of para-hydroxylation sites is 1. The highest BCUT2D eigenvalue weighted by Crippen LogP contribution is 2.22. The molecule has 0 fully saturated rings. The third-order valence-corrected chi connectivity index (χ3v) is 4.66. The second-order valence-electron chi connectivity index (χ2n) is 5.47. The van der Waals surface area contributed by atoms with Gasteiger partial charge in [-0.2, -0.15) is 0 Å². The van der Waals surface area contributed by atoms with Crippen LogP contribution in [0.2, 0.25) is 0 Å². The zero-order valence-corrected chi connectivity index (χ0v) is 15.8. The second kappa shape index (κ2) is 9.35. The summed E-state index contributed by atoms with van der Waals surface area (Å²) in [5.41, 5.74) is 0.372. The van der Waals surface area contributed by atoms with E-state index in [1.807, 2.05) is 0 Å². The molecule has 3 amide bonds. The van der Waals surface area contributed by atoms with E-state index in [1.54, 1.807) is 45.2 Å². The van der Waals surface area contributed by atoms with Gasteiger partial charge in [-0.05, 0) is 26.0 Å². The normalized spacial score (nSPS) is 12.0. The smallest absolute Gasteiger partial charge is 0.321 e. The molecular formula is C17H22N4O4S. The largest absolute Gasteiger partial charge is 0.383 e. The van der Waals surface area contributed by atoms with Crippen molar-refractivity contribution < 1.29 is 14.3 Å². The first-order valence-corrected chi connectivity index (χ1v) is 9.09. The van der Waals surface area contributed by atoms with Crippen LogP contribution in [0.4, 0.5) is 4.79 Å². The van der Waals surface area contributed by atoms with Crippen LogP contribution in [0.15, 0.2) is 34.2 Å². The lowest BCUT2D eigenvalue weighted by atomic mass is 10.2. The number of rotatable bonds is 7. The molecule has 1 heterocycles. The minimum absolute atomic E-state index is 0.188. The van der Waals surface area contributed by atoms with Crippen LogP contribution in [-0.2, 0) is 16.1 Å². The van der Waals surface area contributed by atoms with Gasteiger partial charge in [-0.15, -0.1) is 0 Å². The van der Waals surface area contributed by atoms with Gasteiger partial charge in [-0.3, -0.25) is 19.5 Å². The van der Waals surface area contributed by atoms with E-state index in [0.29, 0.717) is 35.8 Å². The molecule has 26 heavy (non-hydrogen) atoms. The first kappa shape index (κ1) is 19.9. The molecule has 0 spiro atoms. The number of urea groups is 1. The number of hydrogen-bond donors (Lipinski definition) is 2. The molecule has 0 saturated carbocycles. The second-order valence-corrected chi connectivity index (χ2v) is 6.78. The predicted molar refractivity (Wildman–Crippen MR) is 100 cm³/mol. The molecule has 2 N–H and O–H groups in total. The van der Waals surface area contributed by atoms with E-state index in [9.17, 15) is 14.4 Å². The average molecular weight is 378 g/mol. The Bertz CT molecular complexity index is 852. The Morgan fingerprint density at radius 2 is 2.08 bits per heavy atom. The fourth-order valence-electron chi connectivity index (χ4n) is 2.25. The highest BCUT2D eigenvalue weighted by molar-refractivity contribution is 8.00. The summed E-state index contributed by atoms with van der Waals surface area (Å²) < 4.78 is 6.56. The molecule has 140 valence electrons. The number of aromatic nitrogens is 2. The zero-order valence-electron chi connectivity index (χ0n) is 14.9. The van der Waals surface area contributed by atoms with Crippen molar-refractivity contribution in [1.82, 2.24) is 20.2 Å². The van der Waals surface area contributed by atoms with Crippen LogP contribution in [0.25, 0.3) is 10.9 Å². The van der Waals surface area contributed by atoms with Gasteiger partial charge in [0.2, 0.25) is 5.91 Å². The predicted octanol–water partition coefficient (Wildman–Crippen LogP) is 1.37. The van der Waals surface area contributed by atoms with Gasteiger partial charge in [0.05, 0.1) is 29.3 Å². The number of thioether (sulfide) groups is 1. The van der Waals surface area contributed by atoms with Crippen LogP contribution in [0.1, 0.15) is 13.8 Å². The number of amides is 3. The van der Waals surface area contributed by atoms with Crippen molar-refractivity contribution in [1.29, 1.82) is 0 Å². The number of benzene rings is 1. The molecule has 0 saturated heterocycles. The quantitative estimate of drug-likeness (QED) is 0.557. The number of carbonyl (C=O) groups excluding carboxylic acids is 2. The molecular weight excluding hydrogens is 356 g/mol. The summed E-state index contributed by atoms with van der Waals surface area (Å²) in [6.45, 7) is 4.49. The number of carbonyl (C=O) groups is 2. The number of nitrogens with one attached hydrogen (secondary N) is 2. The average Bonchev–Trinajstić information content (AvgIpc) is 2.61. The Morgan fingerprint density at radius 3 is 2.77 bits per heavy atom. The molecule has 1 atom stereocenters. The van der Waals surface area contributed by atoms with E-state index in [0.717, 1.165) is 11.8 Å². The van der Waals surface area contributed by atoms with E-state index in [-0.39, 0.29) is 5.56 Å². The first-order chi connectivity index (χ1) is 12.5. The molecule has 2 rings (SSSR count). The zero-order chi connectivity index (χ0) is 19.1. The molecule has 0 aliphatic carbocycles. The van der Waals surface area contributed by atoms with E-state index >= 15 is 0 Å². The van der Waals surface area contributed by atoms with Crippen molar-refractivity contribution in [3.63, 3.8) is 0 Å². The van der Waals surface area contributed by atoms with E-state index in [1.165, 1.54) is 4.57 Å². The number of hydrogen-bond acceptors (Lipinski definition) is 6. The number of fused-ring (bicyclic) bond motifs is 1. The Balaban J connectivity index is 2.30. The third-order valence-electron chi connectivity index (χ3n) is 3.57. The molecule has 0 unspecified atom stereocenters. The molecule has 2 aromatic rings. The Morgan fingerprint density at radius 1 is 1.35 bits per heavy atom. The molecule has 0 bridgehead atoms. The Labute approximate surface area is 155 Å². The maximum Gasteiger partial charge on any atom is 0.321 e. The van der Waals surface area contributed by atoms with Crippen molar-refractivity contribution in [3.05, 3.63) is 34.6 Å². The fraction of sp³-hybridized carbons (Fsp3) is 0.412. The van der Waals surface area contributed by atoms with Crippen LogP contribution in [0.3, 0.4) is 0 Å². The molecule has 1 aromatic heterocycles. The minimum atomic E-state index is -0.612. The summed E-state index contributed by atoms with van der Waals surface area (Å²) in [7, 11) is 1.55. The van der Waals surface area contributed by atoms with Gasteiger partial charge in [0.1, 0.15) is 0 Å². The lowest BCUT2D eigenvalue weighted by Crippen LogP contribution is -2.42. The van der Waals surface area contributed by atoms with Crippen molar-refractivity contribution in [3.8, 4) is 0 Å². The van der Waals surface area contributed by atoms with Crippen molar-refractivity contribution >= 4 is 34.6 Å². The molecule has 1 aromatic carbocycles. The summed E-state index contributed by atoms with van der Waals surface area (Å²) >= 11 is 1.12. The van der Waals surface area contributed by atoms with Crippen LogP contribution in [0.5, 0.6) is 0 Å². The standard InChI is InChI=1S/C17H22N4O4S/c1-4-18-16(24)20-14(22)11(2)26-17-19-13-8-6-5-7-12(13)15(23)21(17)9-10-25-3/h5-8,11H,4,9-10H2,1-3H3,(H2,18,20,22,24)/t11-/m0/s1. The van der Waals surface area contributed by atoms with Crippen LogP contribution >= 0.6 is 11.8 Å². The molecule has 0 radical (unpaired) electrons. The monoisotopic (exact) mass is 378 g/mol. The Kier molecular flexibility index (Phi) is 7.16. The summed E-state index contributed by atoms with van der Waals surface area (Å²) in [6, 6.07) is 6.50. The fourth-order valence-corrected chi connectivity index (χ4v) is 3.18. The number of nitrogens with zero attached hydrogens (tertiary/aromatic N) is 2. The number of ether oxygens (including phenoxy) is 1. The summed E-state index contributed by atoms with van der Waals surface area (Å²) in [5.74, 6) is -0.457. The van der Waals surface area contributed by atoms with Gasteiger partial charge in [0.25, 0.3) is 5.56 Å². The topological polar surface area (TPSA) is 102 Å². The van der Waals surface area contributed by atoms with E-state index in [4.69, 9.17) is 4.74 Å². The number of methoxy groups -OCH3 is 1. The van der Waals surface area contributed by atoms with Crippen molar-refractivity contribution in [2.45, 2.75) is 30.8 Å². The van der Waals surface area contributed by atoms with Gasteiger partial charge in [-0.1, -0.05) is 23.9 Å². The third kappa shape index (κ3) is 4.83. The maximum atomic E-state index is 12.8. The van der Waals surface area contributed by atoms with Gasteiger partial charge in [-0.25, -0.2) is 9.78 Å². The summed E-state index contributed by atoms with van der Waals surface area (Å²) in [6.07, 6.45) is 0. The lowest BCUT2D eigenvalue weighted by molar-refractivity contribution is -0.119. The van der Waals surface area contributed by atoms with Crippen LogP contribution < -0.4 is 16.2 Å². The van der Waals surface area contributed by atoms with Gasteiger partial charge >= 0.3 is 6.03 Å². The van der Waals surface area contributed by atoms with E-state index < -0.39 is 17.2 Å². The first-order valence-electron chi connectivity index (χ1n) is 8.21. The minimum Gasteiger partial charge on any atom is -0.383 e. The van der Waals surface area contributed by atoms with Crippen LogP contribution in [-0.4, -0.2) is 47.0 Å². The highest BCUT2D eigenvalue weighted by Gasteiger charge is 2.20. The molecule has 0 aliphatic heterocycles. The van der Waals surface area contributed by atoms with Crippen molar-refractivity contribution in [2.75, 3.05) is 20.3 Å². The molecule has 8 nitrogen and oxygen atoms in total. The molecule has 0 aliphatic rings.